The first-order valence-electron chi connectivity index (χ1n) is 8.88. The third kappa shape index (κ3) is 5.58. The summed E-state index contributed by atoms with van der Waals surface area (Å²) in [5.41, 5.74) is 0.982. The van der Waals surface area contributed by atoms with E-state index in [1.165, 1.54) is 12.1 Å². The smallest absolute Gasteiger partial charge is 0.297 e. The lowest BCUT2D eigenvalue weighted by molar-refractivity contribution is 0.146. The number of benzene rings is 3. The molecule has 0 heterocycles. The Balaban J connectivity index is 1.53. The Morgan fingerprint density at radius 3 is 2.00 bits per heavy atom. The van der Waals surface area contributed by atoms with Crippen LogP contribution in [0.5, 0.6) is 17.2 Å². The Hall–Kier alpha value is -2.83. The van der Waals surface area contributed by atoms with E-state index in [4.69, 9.17) is 13.7 Å². The molecule has 0 N–H and O–H groups in total. The van der Waals surface area contributed by atoms with Crippen molar-refractivity contribution in [3.63, 3.8) is 0 Å². The summed E-state index contributed by atoms with van der Waals surface area (Å²) in [6, 6.07) is 23.1. The van der Waals surface area contributed by atoms with E-state index in [9.17, 15) is 8.42 Å². The molecule has 28 heavy (non-hydrogen) atoms. The van der Waals surface area contributed by atoms with Crippen molar-refractivity contribution in [1.29, 1.82) is 0 Å². The second-order valence-electron chi connectivity index (χ2n) is 6.37. The van der Waals surface area contributed by atoms with Gasteiger partial charge >= 0.3 is 0 Å². The fraction of sp³-hybridized carbons (Fsp3) is 0.182. The van der Waals surface area contributed by atoms with E-state index in [0.29, 0.717) is 11.5 Å². The third-order valence-electron chi connectivity index (χ3n) is 3.91. The number of para-hydroxylation sites is 1. The maximum absolute atomic E-state index is 12.2. The summed E-state index contributed by atoms with van der Waals surface area (Å²) in [6.07, 6.45) is -0.443. The van der Waals surface area contributed by atoms with E-state index in [-0.39, 0.29) is 11.5 Å². The molecule has 3 rings (SSSR count). The Kier molecular flexibility index (Phi) is 6.34. The first kappa shape index (κ1) is 19.9. The van der Waals surface area contributed by atoms with Gasteiger partial charge in [0.2, 0.25) is 0 Å². The zero-order chi connectivity index (χ0) is 20.0. The standard InChI is InChI=1S/C22H22O5S/c1-17-8-14-22(15-9-17)28(23,24)25-16-18(2)26-20-10-12-21(13-11-20)27-19-6-4-3-5-7-19/h3-15,18H,16H2,1-2H3. The summed E-state index contributed by atoms with van der Waals surface area (Å²) >= 11 is 0. The zero-order valence-corrected chi connectivity index (χ0v) is 16.6. The van der Waals surface area contributed by atoms with Crippen molar-refractivity contribution in [2.24, 2.45) is 0 Å². The van der Waals surface area contributed by atoms with Crippen LogP contribution in [0.25, 0.3) is 0 Å². The van der Waals surface area contributed by atoms with Crippen molar-refractivity contribution in [3.05, 3.63) is 84.4 Å². The topological polar surface area (TPSA) is 61.8 Å². The molecule has 5 nitrogen and oxygen atoms in total. The van der Waals surface area contributed by atoms with Crippen LogP contribution in [-0.4, -0.2) is 21.1 Å². The summed E-state index contributed by atoms with van der Waals surface area (Å²) < 4.78 is 41.0. The Morgan fingerprint density at radius 1 is 0.786 bits per heavy atom. The molecule has 1 atom stereocenters. The van der Waals surface area contributed by atoms with Crippen LogP contribution in [-0.2, 0) is 14.3 Å². The minimum absolute atomic E-state index is 0.0848. The molecule has 1 unspecified atom stereocenters. The van der Waals surface area contributed by atoms with Crippen molar-refractivity contribution < 1.29 is 22.1 Å². The Morgan fingerprint density at radius 2 is 1.36 bits per heavy atom. The highest BCUT2D eigenvalue weighted by Gasteiger charge is 2.17. The molecule has 0 spiro atoms. The molecule has 0 radical (unpaired) electrons. The molecule has 0 fully saturated rings. The van der Waals surface area contributed by atoms with Crippen LogP contribution in [0.15, 0.2) is 83.8 Å². The molecule has 146 valence electrons. The first-order chi connectivity index (χ1) is 13.4. The van der Waals surface area contributed by atoms with Crippen molar-refractivity contribution in [3.8, 4) is 17.2 Å². The van der Waals surface area contributed by atoms with Gasteiger partial charge in [0.1, 0.15) is 30.0 Å². The van der Waals surface area contributed by atoms with Gasteiger partial charge in [0, 0.05) is 0 Å². The second-order valence-corrected chi connectivity index (χ2v) is 7.98. The summed E-state index contributed by atoms with van der Waals surface area (Å²) in [5, 5.41) is 0. The van der Waals surface area contributed by atoms with Gasteiger partial charge in [0.15, 0.2) is 0 Å². The monoisotopic (exact) mass is 398 g/mol. The maximum atomic E-state index is 12.2. The molecule has 0 saturated carbocycles. The molecular weight excluding hydrogens is 376 g/mol. The van der Waals surface area contributed by atoms with Gasteiger partial charge < -0.3 is 9.47 Å². The fourth-order valence-corrected chi connectivity index (χ4v) is 3.41. The lowest BCUT2D eigenvalue weighted by Gasteiger charge is -2.15. The molecule has 0 amide bonds. The predicted octanol–water partition coefficient (Wildman–Crippen LogP) is 4.96. The maximum Gasteiger partial charge on any atom is 0.297 e. The SMILES string of the molecule is Cc1ccc(S(=O)(=O)OCC(C)Oc2ccc(Oc3ccccc3)cc2)cc1. The summed E-state index contributed by atoms with van der Waals surface area (Å²) in [6.45, 7) is 3.56. The van der Waals surface area contributed by atoms with Crippen molar-refractivity contribution in [2.75, 3.05) is 6.61 Å². The lowest BCUT2D eigenvalue weighted by atomic mass is 10.2. The Labute approximate surface area is 165 Å². The van der Waals surface area contributed by atoms with Crippen LogP contribution in [0.2, 0.25) is 0 Å². The molecule has 6 heteroatoms. The number of hydrogen-bond donors (Lipinski definition) is 0. The zero-order valence-electron chi connectivity index (χ0n) is 15.7. The highest BCUT2D eigenvalue weighted by atomic mass is 32.2. The highest BCUT2D eigenvalue weighted by Crippen LogP contribution is 2.24. The summed E-state index contributed by atoms with van der Waals surface area (Å²) in [5.74, 6) is 2.04. The lowest BCUT2D eigenvalue weighted by Crippen LogP contribution is -2.21. The van der Waals surface area contributed by atoms with Crippen LogP contribution >= 0.6 is 0 Å². The van der Waals surface area contributed by atoms with Gasteiger partial charge in [-0.2, -0.15) is 8.42 Å². The van der Waals surface area contributed by atoms with E-state index >= 15 is 0 Å². The van der Waals surface area contributed by atoms with Gasteiger partial charge in [-0.05, 0) is 62.4 Å². The molecule has 0 aliphatic carbocycles. The molecule has 0 aliphatic heterocycles. The number of rotatable bonds is 8. The average molecular weight is 398 g/mol. The minimum atomic E-state index is -3.81. The first-order valence-corrected chi connectivity index (χ1v) is 10.3. The quantitative estimate of drug-likeness (QED) is 0.502. The number of hydrogen-bond acceptors (Lipinski definition) is 5. The van der Waals surface area contributed by atoms with Gasteiger partial charge in [0.05, 0.1) is 4.90 Å². The van der Waals surface area contributed by atoms with Gasteiger partial charge in [-0.3, -0.25) is 4.18 Å². The van der Waals surface area contributed by atoms with Crippen LogP contribution in [0, 0.1) is 6.92 Å². The largest absolute Gasteiger partial charge is 0.488 e. The van der Waals surface area contributed by atoms with Crippen molar-refractivity contribution >= 4 is 10.1 Å². The van der Waals surface area contributed by atoms with E-state index in [0.717, 1.165) is 11.3 Å². The van der Waals surface area contributed by atoms with E-state index < -0.39 is 16.2 Å². The van der Waals surface area contributed by atoms with Crippen LogP contribution in [0.1, 0.15) is 12.5 Å². The van der Waals surface area contributed by atoms with E-state index in [1.54, 1.807) is 43.3 Å². The van der Waals surface area contributed by atoms with Gasteiger partial charge in [-0.1, -0.05) is 35.9 Å². The number of ether oxygens (including phenoxy) is 2. The summed E-state index contributed by atoms with van der Waals surface area (Å²) in [4.78, 5) is 0.132. The molecule has 0 bridgehead atoms. The average Bonchev–Trinajstić information content (AvgIpc) is 2.69. The normalized spacial score (nSPS) is 12.4. The number of aryl methyl sites for hydroxylation is 1. The van der Waals surface area contributed by atoms with E-state index in [1.807, 2.05) is 37.3 Å². The third-order valence-corrected chi connectivity index (χ3v) is 5.20. The molecule has 0 aromatic heterocycles. The van der Waals surface area contributed by atoms with Gasteiger partial charge in [-0.15, -0.1) is 0 Å². The molecular formula is C22H22O5S. The second kappa shape index (κ2) is 8.91. The van der Waals surface area contributed by atoms with Crippen molar-refractivity contribution in [2.45, 2.75) is 24.8 Å². The highest BCUT2D eigenvalue weighted by molar-refractivity contribution is 7.86. The molecule has 0 aliphatic rings. The van der Waals surface area contributed by atoms with Crippen LogP contribution in [0.3, 0.4) is 0 Å². The van der Waals surface area contributed by atoms with Gasteiger partial charge in [0.25, 0.3) is 10.1 Å². The van der Waals surface area contributed by atoms with Crippen LogP contribution < -0.4 is 9.47 Å². The molecule has 3 aromatic carbocycles. The molecule has 3 aromatic rings. The van der Waals surface area contributed by atoms with E-state index in [2.05, 4.69) is 0 Å². The minimum Gasteiger partial charge on any atom is -0.488 e. The van der Waals surface area contributed by atoms with Crippen molar-refractivity contribution in [1.82, 2.24) is 0 Å². The molecule has 0 saturated heterocycles. The van der Waals surface area contributed by atoms with Gasteiger partial charge in [-0.25, -0.2) is 0 Å². The predicted molar refractivity (Wildman–Crippen MR) is 107 cm³/mol. The Bertz CT molecular complexity index is 981. The fourth-order valence-electron chi connectivity index (χ4n) is 2.44. The summed E-state index contributed by atoms with van der Waals surface area (Å²) in [7, 11) is -3.81. The van der Waals surface area contributed by atoms with Crippen LogP contribution in [0.4, 0.5) is 0 Å².